The Morgan fingerprint density at radius 3 is 2.96 bits per heavy atom. The molecule has 1 aliphatic heterocycles. The summed E-state index contributed by atoms with van der Waals surface area (Å²) in [5.74, 6) is 3.35. The minimum Gasteiger partial charge on any atom is -0.497 e. The van der Waals surface area contributed by atoms with Crippen molar-refractivity contribution in [3.05, 3.63) is 48.4 Å². The van der Waals surface area contributed by atoms with E-state index in [2.05, 4.69) is 14.8 Å². The van der Waals surface area contributed by atoms with Gasteiger partial charge in [0.05, 0.1) is 26.0 Å². The van der Waals surface area contributed by atoms with Crippen molar-refractivity contribution in [2.45, 2.75) is 37.1 Å². The summed E-state index contributed by atoms with van der Waals surface area (Å²) in [5.41, 5.74) is 0.967. The average molecular weight is 385 g/mol. The molecule has 2 aromatic heterocycles. The van der Waals surface area contributed by atoms with Crippen molar-refractivity contribution >= 4 is 11.8 Å². The third kappa shape index (κ3) is 4.36. The molecule has 1 aliphatic rings. The molecule has 0 unspecified atom stereocenters. The van der Waals surface area contributed by atoms with Gasteiger partial charge in [-0.3, -0.25) is 4.57 Å². The summed E-state index contributed by atoms with van der Waals surface area (Å²) in [6, 6.07) is 11.7. The fourth-order valence-corrected chi connectivity index (χ4v) is 4.18. The molecule has 1 fully saturated rings. The normalized spacial score (nSPS) is 17.1. The van der Waals surface area contributed by atoms with Gasteiger partial charge in [-0.05, 0) is 43.5 Å². The molecule has 7 heteroatoms. The van der Waals surface area contributed by atoms with Crippen molar-refractivity contribution in [1.29, 1.82) is 0 Å². The molecule has 6 nitrogen and oxygen atoms in total. The van der Waals surface area contributed by atoms with Gasteiger partial charge in [0.15, 0.2) is 11.0 Å². The van der Waals surface area contributed by atoms with Crippen LogP contribution in [0.15, 0.2) is 52.2 Å². The molecule has 4 rings (SSSR count). The first-order chi connectivity index (χ1) is 13.3. The van der Waals surface area contributed by atoms with Crippen LogP contribution < -0.4 is 4.74 Å². The Morgan fingerprint density at radius 1 is 1.22 bits per heavy atom. The molecule has 1 aromatic carbocycles. The fourth-order valence-electron chi connectivity index (χ4n) is 3.18. The minimum atomic E-state index is 0.290. The summed E-state index contributed by atoms with van der Waals surface area (Å²) in [6.07, 6.45) is 5.49. The summed E-state index contributed by atoms with van der Waals surface area (Å²) >= 11 is 1.69. The van der Waals surface area contributed by atoms with Gasteiger partial charge in [-0.2, -0.15) is 0 Å². The van der Waals surface area contributed by atoms with E-state index in [4.69, 9.17) is 13.9 Å². The molecule has 0 aliphatic carbocycles. The number of nitrogens with zero attached hydrogens (tertiary/aromatic N) is 3. The molecule has 0 radical (unpaired) electrons. The fraction of sp³-hybridized carbons (Fsp3) is 0.400. The molecule has 0 amide bonds. The van der Waals surface area contributed by atoms with Crippen LogP contribution in [0.2, 0.25) is 0 Å². The summed E-state index contributed by atoms with van der Waals surface area (Å²) in [7, 11) is 1.66. The van der Waals surface area contributed by atoms with Crippen LogP contribution in [0.25, 0.3) is 11.4 Å². The molecule has 3 aromatic rings. The van der Waals surface area contributed by atoms with Crippen LogP contribution in [-0.4, -0.2) is 40.3 Å². The maximum Gasteiger partial charge on any atom is 0.192 e. The molecule has 0 bridgehead atoms. The monoisotopic (exact) mass is 385 g/mol. The summed E-state index contributed by atoms with van der Waals surface area (Å²) in [6.45, 7) is 1.44. The van der Waals surface area contributed by atoms with E-state index in [-0.39, 0.29) is 6.10 Å². The van der Waals surface area contributed by atoms with Crippen molar-refractivity contribution in [2.24, 2.45) is 0 Å². The highest BCUT2D eigenvalue weighted by atomic mass is 32.2. The first kappa shape index (κ1) is 18.1. The van der Waals surface area contributed by atoms with E-state index in [0.717, 1.165) is 53.3 Å². The predicted octanol–water partition coefficient (Wildman–Crippen LogP) is 4.26. The number of thioether (sulfide) groups is 1. The third-order valence-corrected chi connectivity index (χ3v) is 5.71. The van der Waals surface area contributed by atoms with Gasteiger partial charge in [-0.25, -0.2) is 0 Å². The van der Waals surface area contributed by atoms with Crippen molar-refractivity contribution in [3.63, 3.8) is 0 Å². The average Bonchev–Trinajstić information content (AvgIpc) is 3.38. The molecule has 3 heterocycles. The summed E-state index contributed by atoms with van der Waals surface area (Å²) < 4.78 is 18.9. The zero-order valence-corrected chi connectivity index (χ0v) is 16.2. The molecule has 1 atom stereocenters. The lowest BCUT2D eigenvalue weighted by molar-refractivity contribution is 0.0315. The van der Waals surface area contributed by atoms with Crippen LogP contribution in [0, 0.1) is 0 Å². The molecular formula is C20H23N3O3S. The minimum absolute atomic E-state index is 0.290. The number of furan rings is 1. The Labute approximate surface area is 162 Å². The van der Waals surface area contributed by atoms with E-state index in [9.17, 15) is 0 Å². The first-order valence-corrected chi connectivity index (χ1v) is 10.2. The van der Waals surface area contributed by atoms with Crippen molar-refractivity contribution in [2.75, 3.05) is 19.5 Å². The van der Waals surface area contributed by atoms with Crippen LogP contribution in [0.3, 0.4) is 0 Å². The predicted molar refractivity (Wildman–Crippen MR) is 104 cm³/mol. The van der Waals surface area contributed by atoms with Gasteiger partial charge in [0, 0.05) is 17.9 Å². The third-order valence-electron chi connectivity index (χ3n) is 4.61. The first-order valence-electron chi connectivity index (χ1n) is 9.18. The Hall–Kier alpha value is -2.25. The Bertz CT molecular complexity index is 857. The van der Waals surface area contributed by atoms with Gasteiger partial charge >= 0.3 is 0 Å². The molecule has 0 saturated carbocycles. The number of hydrogen-bond donors (Lipinski definition) is 0. The number of benzene rings is 1. The van der Waals surface area contributed by atoms with Gasteiger partial charge in [0.1, 0.15) is 11.5 Å². The number of aromatic nitrogens is 3. The van der Waals surface area contributed by atoms with Crippen molar-refractivity contribution in [3.8, 4) is 17.1 Å². The van der Waals surface area contributed by atoms with Gasteiger partial charge in [0.2, 0.25) is 0 Å². The maximum atomic E-state index is 5.85. The lowest BCUT2D eigenvalue weighted by atomic mass is 10.1. The van der Waals surface area contributed by atoms with E-state index >= 15 is 0 Å². The zero-order chi connectivity index (χ0) is 18.5. The highest BCUT2D eigenvalue weighted by Crippen LogP contribution is 2.29. The number of hydrogen-bond acceptors (Lipinski definition) is 6. The van der Waals surface area contributed by atoms with Crippen molar-refractivity contribution < 1.29 is 13.9 Å². The topological polar surface area (TPSA) is 62.3 Å². The zero-order valence-electron chi connectivity index (χ0n) is 15.3. The van der Waals surface area contributed by atoms with E-state index in [1.807, 2.05) is 36.4 Å². The van der Waals surface area contributed by atoms with E-state index in [0.29, 0.717) is 6.54 Å². The molecule has 0 N–H and O–H groups in total. The number of methoxy groups -OCH3 is 1. The smallest absolute Gasteiger partial charge is 0.192 e. The lowest BCUT2D eigenvalue weighted by Gasteiger charge is -2.21. The Balaban J connectivity index is 1.60. The van der Waals surface area contributed by atoms with Gasteiger partial charge < -0.3 is 13.9 Å². The highest BCUT2D eigenvalue weighted by Gasteiger charge is 2.19. The van der Waals surface area contributed by atoms with E-state index in [1.54, 1.807) is 25.1 Å². The quantitative estimate of drug-likeness (QED) is 0.567. The second-order valence-corrected chi connectivity index (χ2v) is 7.49. The molecule has 1 saturated heterocycles. The van der Waals surface area contributed by atoms with Crippen LogP contribution in [0.5, 0.6) is 5.75 Å². The molecule has 0 spiro atoms. The second-order valence-electron chi connectivity index (χ2n) is 6.50. The number of ether oxygens (including phenoxy) is 2. The standard InChI is InChI=1S/C20H23N3O3S/c1-24-16-8-4-6-15(12-16)19-21-22-20(23(19)13-17-9-5-11-25-17)27-14-18-7-2-3-10-26-18/h4-6,8-9,11-12,18H,2-3,7,10,13-14H2,1H3/t18-/m1/s1. The maximum absolute atomic E-state index is 5.85. The largest absolute Gasteiger partial charge is 0.497 e. The van der Waals surface area contributed by atoms with E-state index < -0.39 is 0 Å². The number of rotatable bonds is 7. The van der Waals surface area contributed by atoms with Crippen molar-refractivity contribution in [1.82, 2.24) is 14.8 Å². The second kappa shape index (κ2) is 8.63. The molecule has 27 heavy (non-hydrogen) atoms. The van der Waals surface area contributed by atoms with Gasteiger partial charge in [-0.15, -0.1) is 10.2 Å². The highest BCUT2D eigenvalue weighted by molar-refractivity contribution is 7.99. The van der Waals surface area contributed by atoms with Crippen LogP contribution in [0.4, 0.5) is 0 Å². The van der Waals surface area contributed by atoms with Crippen LogP contribution in [0.1, 0.15) is 25.0 Å². The Kier molecular flexibility index (Phi) is 5.79. The summed E-state index contributed by atoms with van der Waals surface area (Å²) in [4.78, 5) is 0. The molecular weight excluding hydrogens is 362 g/mol. The lowest BCUT2D eigenvalue weighted by Crippen LogP contribution is -2.21. The SMILES string of the molecule is COc1cccc(-c2nnc(SC[C@H]3CCCCO3)n2Cc2ccco2)c1. The van der Waals surface area contributed by atoms with E-state index in [1.165, 1.54) is 6.42 Å². The molecule has 142 valence electrons. The van der Waals surface area contributed by atoms with Gasteiger partial charge in [-0.1, -0.05) is 23.9 Å². The van der Waals surface area contributed by atoms with Gasteiger partial charge in [0.25, 0.3) is 0 Å². The summed E-state index contributed by atoms with van der Waals surface area (Å²) in [5, 5.41) is 9.78. The Morgan fingerprint density at radius 2 is 2.19 bits per heavy atom. The van der Waals surface area contributed by atoms with Crippen LogP contribution in [-0.2, 0) is 11.3 Å². The van der Waals surface area contributed by atoms with Crippen LogP contribution >= 0.6 is 11.8 Å².